The first-order valence-corrected chi connectivity index (χ1v) is 6.44. The van der Waals surface area contributed by atoms with E-state index in [4.69, 9.17) is 0 Å². The van der Waals surface area contributed by atoms with Crippen LogP contribution in [0.25, 0.3) is 0 Å². The number of benzene rings is 2. The molecule has 0 aliphatic heterocycles. The lowest BCUT2D eigenvalue weighted by Crippen LogP contribution is -2.01. The van der Waals surface area contributed by atoms with E-state index in [0.29, 0.717) is 10.7 Å². The number of rotatable bonds is 3. The Morgan fingerprint density at radius 2 is 1.19 bits per heavy atom. The summed E-state index contributed by atoms with van der Waals surface area (Å²) in [5.41, 5.74) is 2.70. The monoisotopic (exact) mass is 274 g/mol. The van der Waals surface area contributed by atoms with Gasteiger partial charge in [-0.05, 0) is 17.0 Å². The van der Waals surface area contributed by atoms with E-state index in [1.54, 1.807) is 0 Å². The Kier molecular flexibility index (Phi) is 3.79. The first-order chi connectivity index (χ1) is 7.79. The van der Waals surface area contributed by atoms with Crippen molar-refractivity contribution in [2.45, 2.75) is 17.7 Å². The molecule has 82 valence electrons. The molecule has 2 rings (SSSR count). The van der Waals surface area contributed by atoms with Crippen molar-refractivity contribution in [1.29, 1.82) is 0 Å². The van der Waals surface area contributed by atoms with Crippen LogP contribution in [-0.2, 0) is 0 Å². The Morgan fingerprint density at radius 3 is 1.69 bits per heavy atom. The number of alkyl halides is 1. The second-order valence-electron chi connectivity index (χ2n) is 4.01. The standard InChI is InChI=1S/C15H15Br/c1-12(13-8-4-2-5-9-13)15(16)14-10-6-3-7-11-14/h2-12,15H,1H3/t12-,15-/m0/s1. The molecule has 0 amide bonds. The van der Waals surface area contributed by atoms with Crippen LogP contribution in [0.2, 0.25) is 0 Å². The molecule has 0 aliphatic carbocycles. The Morgan fingerprint density at radius 1 is 0.750 bits per heavy atom. The van der Waals surface area contributed by atoms with Crippen LogP contribution in [0.15, 0.2) is 60.7 Å². The summed E-state index contributed by atoms with van der Waals surface area (Å²) in [6.07, 6.45) is 0. The van der Waals surface area contributed by atoms with Gasteiger partial charge in [0, 0.05) is 4.83 Å². The maximum Gasteiger partial charge on any atom is 0.0461 e. The SMILES string of the molecule is C[C@@H](c1ccccc1)[C@H](Br)c1ccccc1. The van der Waals surface area contributed by atoms with Crippen LogP contribution < -0.4 is 0 Å². The van der Waals surface area contributed by atoms with E-state index in [1.807, 2.05) is 0 Å². The van der Waals surface area contributed by atoms with E-state index in [0.717, 1.165) is 0 Å². The Bertz CT molecular complexity index is 378. The van der Waals surface area contributed by atoms with Gasteiger partial charge in [-0.25, -0.2) is 0 Å². The highest BCUT2D eigenvalue weighted by Crippen LogP contribution is 2.37. The summed E-state index contributed by atoms with van der Waals surface area (Å²) in [6, 6.07) is 21.2. The highest BCUT2D eigenvalue weighted by atomic mass is 79.9. The number of hydrogen-bond acceptors (Lipinski definition) is 0. The smallest absolute Gasteiger partial charge is 0.0461 e. The Labute approximate surface area is 105 Å². The first kappa shape index (κ1) is 11.4. The van der Waals surface area contributed by atoms with Crippen LogP contribution in [0.3, 0.4) is 0 Å². The van der Waals surface area contributed by atoms with E-state index in [1.165, 1.54) is 11.1 Å². The predicted octanol–water partition coefficient (Wildman–Crippen LogP) is 4.93. The third kappa shape index (κ3) is 2.53. The largest absolute Gasteiger partial charge is 0.0832 e. The highest BCUT2D eigenvalue weighted by molar-refractivity contribution is 9.09. The van der Waals surface area contributed by atoms with Crippen LogP contribution in [0.1, 0.15) is 28.8 Å². The van der Waals surface area contributed by atoms with E-state index >= 15 is 0 Å². The lowest BCUT2D eigenvalue weighted by atomic mass is 9.94. The summed E-state index contributed by atoms with van der Waals surface area (Å²) < 4.78 is 0. The summed E-state index contributed by atoms with van der Waals surface area (Å²) in [4.78, 5) is 0.371. The minimum Gasteiger partial charge on any atom is -0.0832 e. The van der Waals surface area contributed by atoms with E-state index in [-0.39, 0.29) is 0 Å². The van der Waals surface area contributed by atoms with Crippen molar-refractivity contribution >= 4 is 15.9 Å². The third-order valence-corrected chi connectivity index (χ3v) is 4.20. The fourth-order valence-electron chi connectivity index (χ4n) is 1.85. The topological polar surface area (TPSA) is 0 Å². The normalized spacial score (nSPS) is 14.4. The van der Waals surface area contributed by atoms with Crippen molar-refractivity contribution < 1.29 is 0 Å². The minimum atomic E-state index is 0.371. The van der Waals surface area contributed by atoms with Crippen molar-refractivity contribution in [2.24, 2.45) is 0 Å². The van der Waals surface area contributed by atoms with Crippen molar-refractivity contribution in [1.82, 2.24) is 0 Å². The van der Waals surface area contributed by atoms with Gasteiger partial charge in [0.1, 0.15) is 0 Å². The molecule has 0 saturated heterocycles. The molecular weight excluding hydrogens is 260 g/mol. The predicted molar refractivity (Wildman–Crippen MR) is 73.0 cm³/mol. The average molecular weight is 275 g/mol. The molecule has 0 heterocycles. The quantitative estimate of drug-likeness (QED) is 0.697. The third-order valence-electron chi connectivity index (χ3n) is 2.88. The van der Waals surface area contributed by atoms with E-state index in [9.17, 15) is 0 Å². The zero-order valence-corrected chi connectivity index (χ0v) is 10.9. The molecule has 1 heteroatoms. The van der Waals surface area contributed by atoms with Gasteiger partial charge in [0.15, 0.2) is 0 Å². The maximum absolute atomic E-state index is 3.79. The molecule has 0 saturated carbocycles. The molecule has 0 unspecified atom stereocenters. The molecule has 0 bridgehead atoms. The highest BCUT2D eigenvalue weighted by Gasteiger charge is 2.16. The average Bonchev–Trinajstić information content (AvgIpc) is 2.39. The fraction of sp³-hybridized carbons (Fsp3) is 0.200. The van der Waals surface area contributed by atoms with Crippen molar-refractivity contribution in [3.63, 3.8) is 0 Å². The van der Waals surface area contributed by atoms with Gasteiger partial charge in [-0.3, -0.25) is 0 Å². The zero-order chi connectivity index (χ0) is 11.4. The zero-order valence-electron chi connectivity index (χ0n) is 9.31. The van der Waals surface area contributed by atoms with Gasteiger partial charge in [0.25, 0.3) is 0 Å². The molecule has 0 fully saturated rings. The van der Waals surface area contributed by atoms with Gasteiger partial charge in [-0.1, -0.05) is 83.5 Å². The van der Waals surface area contributed by atoms with Crippen LogP contribution in [0, 0.1) is 0 Å². The number of hydrogen-bond donors (Lipinski definition) is 0. The maximum atomic E-state index is 3.79. The van der Waals surface area contributed by atoms with Gasteiger partial charge in [0.2, 0.25) is 0 Å². The summed E-state index contributed by atoms with van der Waals surface area (Å²) >= 11 is 3.79. The summed E-state index contributed by atoms with van der Waals surface area (Å²) in [5.74, 6) is 0.476. The van der Waals surface area contributed by atoms with Crippen LogP contribution in [0.4, 0.5) is 0 Å². The lowest BCUT2D eigenvalue weighted by Gasteiger charge is -2.19. The molecule has 0 N–H and O–H groups in total. The minimum absolute atomic E-state index is 0.371. The first-order valence-electron chi connectivity index (χ1n) is 5.53. The van der Waals surface area contributed by atoms with Crippen LogP contribution >= 0.6 is 15.9 Å². The Hall–Kier alpha value is -1.08. The molecule has 16 heavy (non-hydrogen) atoms. The molecule has 2 aromatic rings. The lowest BCUT2D eigenvalue weighted by molar-refractivity contribution is 0.752. The van der Waals surface area contributed by atoms with Gasteiger partial charge in [-0.2, -0.15) is 0 Å². The molecule has 0 nitrogen and oxygen atoms in total. The fourth-order valence-corrected chi connectivity index (χ4v) is 2.46. The van der Waals surface area contributed by atoms with E-state index < -0.39 is 0 Å². The van der Waals surface area contributed by atoms with Crippen molar-refractivity contribution in [2.75, 3.05) is 0 Å². The summed E-state index contributed by atoms with van der Waals surface area (Å²) in [6.45, 7) is 2.25. The van der Waals surface area contributed by atoms with Gasteiger partial charge < -0.3 is 0 Å². The molecule has 2 atom stereocenters. The summed E-state index contributed by atoms with van der Waals surface area (Å²) in [7, 11) is 0. The van der Waals surface area contributed by atoms with Crippen LogP contribution in [-0.4, -0.2) is 0 Å². The van der Waals surface area contributed by atoms with Gasteiger partial charge in [0.05, 0.1) is 0 Å². The molecule has 0 radical (unpaired) electrons. The second-order valence-corrected chi connectivity index (χ2v) is 5.00. The molecule has 0 spiro atoms. The Balaban J connectivity index is 2.20. The number of halogens is 1. The molecular formula is C15H15Br. The van der Waals surface area contributed by atoms with Crippen molar-refractivity contribution in [3.05, 3.63) is 71.8 Å². The molecule has 2 aromatic carbocycles. The van der Waals surface area contributed by atoms with Gasteiger partial charge >= 0.3 is 0 Å². The van der Waals surface area contributed by atoms with Crippen molar-refractivity contribution in [3.8, 4) is 0 Å². The molecule has 0 aliphatic rings. The van der Waals surface area contributed by atoms with Gasteiger partial charge in [-0.15, -0.1) is 0 Å². The molecule has 0 aromatic heterocycles. The second kappa shape index (κ2) is 5.31. The van der Waals surface area contributed by atoms with Crippen LogP contribution in [0.5, 0.6) is 0 Å². The van der Waals surface area contributed by atoms with E-state index in [2.05, 4.69) is 83.5 Å². The summed E-state index contributed by atoms with van der Waals surface area (Å²) in [5, 5.41) is 0.